The van der Waals surface area contributed by atoms with Crippen LogP contribution in [-0.2, 0) is 4.74 Å². The van der Waals surface area contributed by atoms with Crippen molar-refractivity contribution >= 4 is 33.5 Å². The molecule has 0 saturated carbocycles. The van der Waals surface area contributed by atoms with Crippen LogP contribution in [0.1, 0.15) is 32.8 Å². The molecule has 1 aliphatic heterocycles. The standard InChI is InChI=1S/C16H25BrN4O2/c1-11-12(18)10-19-14(13(11)17)20-6-5-7-21(9-8-20)15(22)23-16(2,3)4/h10H,5-9,18H2,1-4H3. The highest BCUT2D eigenvalue weighted by atomic mass is 79.9. The van der Waals surface area contributed by atoms with Crippen molar-refractivity contribution in [3.8, 4) is 0 Å². The molecule has 0 aromatic carbocycles. The van der Waals surface area contributed by atoms with Gasteiger partial charge in [-0.15, -0.1) is 0 Å². The minimum Gasteiger partial charge on any atom is -0.444 e. The van der Waals surface area contributed by atoms with E-state index in [2.05, 4.69) is 25.8 Å². The number of nitrogen functional groups attached to an aromatic ring is 1. The molecule has 0 atom stereocenters. The molecule has 1 aromatic heterocycles. The van der Waals surface area contributed by atoms with Crippen LogP contribution in [-0.4, -0.2) is 47.8 Å². The molecular weight excluding hydrogens is 360 g/mol. The van der Waals surface area contributed by atoms with Crippen molar-refractivity contribution in [2.24, 2.45) is 0 Å². The number of nitrogens with zero attached hydrogens (tertiary/aromatic N) is 3. The van der Waals surface area contributed by atoms with E-state index in [1.807, 2.05) is 27.7 Å². The van der Waals surface area contributed by atoms with E-state index in [0.717, 1.165) is 28.8 Å². The van der Waals surface area contributed by atoms with Gasteiger partial charge < -0.3 is 20.3 Å². The zero-order valence-corrected chi connectivity index (χ0v) is 15.8. The highest BCUT2D eigenvalue weighted by Gasteiger charge is 2.25. The summed E-state index contributed by atoms with van der Waals surface area (Å²) in [5.41, 5.74) is 7.08. The molecule has 1 amide bonds. The molecular formula is C16H25BrN4O2. The maximum absolute atomic E-state index is 12.2. The lowest BCUT2D eigenvalue weighted by molar-refractivity contribution is 0.0263. The first kappa shape index (κ1) is 17.8. The first-order chi connectivity index (χ1) is 10.7. The number of aromatic nitrogens is 1. The third-order valence-electron chi connectivity index (χ3n) is 3.73. The summed E-state index contributed by atoms with van der Waals surface area (Å²) in [6.45, 7) is 10.5. The van der Waals surface area contributed by atoms with Gasteiger partial charge in [0.2, 0.25) is 0 Å². The molecule has 128 valence electrons. The van der Waals surface area contributed by atoms with Crippen molar-refractivity contribution in [3.05, 3.63) is 16.2 Å². The normalized spacial score (nSPS) is 16.2. The number of rotatable bonds is 1. The molecule has 1 fully saturated rings. The molecule has 1 aliphatic rings. The van der Waals surface area contributed by atoms with Crippen molar-refractivity contribution < 1.29 is 9.53 Å². The molecule has 1 aromatic rings. The Bertz CT molecular complexity index is 586. The number of amides is 1. The predicted octanol–water partition coefficient (Wildman–Crippen LogP) is 3.18. The number of halogens is 1. The Morgan fingerprint density at radius 2 is 2.00 bits per heavy atom. The molecule has 2 N–H and O–H groups in total. The predicted molar refractivity (Wildman–Crippen MR) is 95.7 cm³/mol. The zero-order chi connectivity index (χ0) is 17.2. The van der Waals surface area contributed by atoms with Gasteiger partial charge in [-0.3, -0.25) is 0 Å². The molecule has 0 unspecified atom stereocenters. The van der Waals surface area contributed by atoms with Crippen LogP contribution in [0.3, 0.4) is 0 Å². The van der Waals surface area contributed by atoms with Gasteiger partial charge in [-0.1, -0.05) is 0 Å². The van der Waals surface area contributed by atoms with E-state index in [0.29, 0.717) is 25.3 Å². The third-order valence-corrected chi connectivity index (χ3v) is 4.68. The quantitative estimate of drug-likeness (QED) is 0.804. The number of anilines is 2. The monoisotopic (exact) mass is 384 g/mol. The zero-order valence-electron chi connectivity index (χ0n) is 14.2. The number of carbonyl (C=O) groups is 1. The summed E-state index contributed by atoms with van der Waals surface area (Å²) in [5.74, 6) is 0.878. The van der Waals surface area contributed by atoms with Crippen LogP contribution >= 0.6 is 15.9 Å². The smallest absolute Gasteiger partial charge is 0.410 e. The first-order valence-corrected chi connectivity index (χ1v) is 8.62. The second kappa shape index (κ2) is 6.95. The minimum absolute atomic E-state index is 0.250. The molecule has 2 heterocycles. The fourth-order valence-electron chi connectivity index (χ4n) is 2.44. The van der Waals surface area contributed by atoms with Crippen LogP contribution < -0.4 is 10.6 Å². The van der Waals surface area contributed by atoms with Crippen LogP contribution in [0.4, 0.5) is 16.3 Å². The topological polar surface area (TPSA) is 71.7 Å². The fourth-order valence-corrected chi connectivity index (χ4v) is 3.02. The second-order valence-electron chi connectivity index (χ2n) is 6.78. The van der Waals surface area contributed by atoms with Gasteiger partial charge in [-0.25, -0.2) is 9.78 Å². The largest absolute Gasteiger partial charge is 0.444 e. The number of carbonyl (C=O) groups excluding carboxylic acids is 1. The van der Waals surface area contributed by atoms with Crippen LogP contribution in [0.15, 0.2) is 10.7 Å². The molecule has 0 spiro atoms. The summed E-state index contributed by atoms with van der Waals surface area (Å²) < 4.78 is 6.38. The van der Waals surface area contributed by atoms with Gasteiger partial charge in [-0.2, -0.15) is 0 Å². The molecule has 6 nitrogen and oxygen atoms in total. The lowest BCUT2D eigenvalue weighted by atomic mass is 10.2. The van der Waals surface area contributed by atoms with E-state index >= 15 is 0 Å². The van der Waals surface area contributed by atoms with Crippen LogP contribution in [0.2, 0.25) is 0 Å². The van der Waals surface area contributed by atoms with Crippen LogP contribution in [0.25, 0.3) is 0 Å². The maximum atomic E-state index is 12.2. The van der Waals surface area contributed by atoms with E-state index in [1.165, 1.54) is 0 Å². The highest BCUT2D eigenvalue weighted by Crippen LogP contribution is 2.31. The Labute approximate surface area is 146 Å². The molecule has 0 aliphatic carbocycles. The van der Waals surface area contributed by atoms with Gasteiger partial charge in [0.25, 0.3) is 0 Å². The van der Waals surface area contributed by atoms with Gasteiger partial charge in [-0.05, 0) is 55.6 Å². The summed E-state index contributed by atoms with van der Waals surface area (Å²) in [6, 6.07) is 0. The Kier molecular flexibility index (Phi) is 5.39. The van der Waals surface area contributed by atoms with Gasteiger partial charge in [0.1, 0.15) is 11.4 Å². The van der Waals surface area contributed by atoms with Crippen LogP contribution in [0.5, 0.6) is 0 Å². The van der Waals surface area contributed by atoms with Gasteiger partial charge >= 0.3 is 6.09 Å². The van der Waals surface area contributed by atoms with Crippen molar-refractivity contribution in [3.63, 3.8) is 0 Å². The number of nitrogens with two attached hydrogens (primary N) is 1. The molecule has 0 bridgehead atoms. The molecule has 7 heteroatoms. The third kappa shape index (κ3) is 4.50. The van der Waals surface area contributed by atoms with Crippen molar-refractivity contribution in [1.82, 2.24) is 9.88 Å². The maximum Gasteiger partial charge on any atom is 0.410 e. The Hall–Kier alpha value is -1.50. The molecule has 1 saturated heterocycles. The average Bonchev–Trinajstić information content (AvgIpc) is 2.69. The number of hydrogen-bond donors (Lipinski definition) is 1. The van der Waals surface area contributed by atoms with Crippen molar-refractivity contribution in [1.29, 1.82) is 0 Å². The first-order valence-electron chi connectivity index (χ1n) is 7.82. The van der Waals surface area contributed by atoms with Gasteiger partial charge in [0, 0.05) is 26.2 Å². The molecule has 2 rings (SSSR count). The highest BCUT2D eigenvalue weighted by molar-refractivity contribution is 9.10. The summed E-state index contributed by atoms with van der Waals surface area (Å²) in [5, 5.41) is 0. The number of ether oxygens (including phenoxy) is 1. The fraction of sp³-hybridized carbons (Fsp3) is 0.625. The Morgan fingerprint density at radius 3 is 2.65 bits per heavy atom. The van der Waals surface area contributed by atoms with Crippen LogP contribution in [0, 0.1) is 6.92 Å². The van der Waals surface area contributed by atoms with E-state index in [-0.39, 0.29) is 6.09 Å². The second-order valence-corrected chi connectivity index (χ2v) is 7.58. The van der Waals surface area contributed by atoms with Crippen molar-refractivity contribution in [2.75, 3.05) is 36.8 Å². The van der Waals surface area contributed by atoms with Crippen molar-refractivity contribution in [2.45, 2.75) is 39.7 Å². The summed E-state index contributed by atoms with van der Waals surface area (Å²) in [7, 11) is 0. The molecule has 0 radical (unpaired) electrons. The van der Waals surface area contributed by atoms with Gasteiger partial charge in [0.05, 0.1) is 16.4 Å². The summed E-state index contributed by atoms with van der Waals surface area (Å²) >= 11 is 3.59. The number of hydrogen-bond acceptors (Lipinski definition) is 5. The Balaban J connectivity index is 2.07. The summed E-state index contributed by atoms with van der Waals surface area (Å²) in [6.07, 6.45) is 2.31. The molecule has 23 heavy (non-hydrogen) atoms. The minimum atomic E-state index is -0.471. The lowest BCUT2D eigenvalue weighted by Gasteiger charge is -2.27. The summed E-state index contributed by atoms with van der Waals surface area (Å²) in [4.78, 5) is 20.6. The Morgan fingerprint density at radius 1 is 1.30 bits per heavy atom. The number of pyridine rings is 1. The van der Waals surface area contributed by atoms with E-state index in [1.54, 1.807) is 11.1 Å². The SMILES string of the molecule is Cc1c(N)cnc(N2CCCN(C(=O)OC(C)(C)C)CC2)c1Br. The lowest BCUT2D eigenvalue weighted by Crippen LogP contribution is -2.39. The van der Waals surface area contributed by atoms with E-state index < -0.39 is 5.60 Å². The van der Waals surface area contributed by atoms with E-state index in [9.17, 15) is 4.79 Å². The average molecular weight is 385 g/mol. The van der Waals surface area contributed by atoms with E-state index in [4.69, 9.17) is 10.5 Å². The van der Waals surface area contributed by atoms with Gasteiger partial charge in [0.15, 0.2) is 0 Å².